The van der Waals surface area contributed by atoms with Gasteiger partial charge in [0.1, 0.15) is 0 Å². The van der Waals surface area contributed by atoms with Crippen LogP contribution in [0.5, 0.6) is 0 Å². The molecule has 23 heavy (non-hydrogen) atoms. The van der Waals surface area contributed by atoms with Crippen molar-refractivity contribution in [2.45, 2.75) is 33.4 Å². The monoisotopic (exact) mass is 310 g/mol. The fourth-order valence-corrected chi connectivity index (χ4v) is 2.52. The van der Waals surface area contributed by atoms with Gasteiger partial charge in [0.05, 0.1) is 6.54 Å². The lowest BCUT2D eigenvalue weighted by molar-refractivity contribution is -0.129. The fraction of sp³-hybridized carbons (Fsp3) is 0.350. The van der Waals surface area contributed by atoms with E-state index in [4.69, 9.17) is 0 Å². The highest BCUT2D eigenvalue weighted by Gasteiger charge is 2.17. The lowest BCUT2D eigenvalue weighted by Crippen LogP contribution is -2.41. The normalized spacial score (nSPS) is 10.7. The highest BCUT2D eigenvalue weighted by atomic mass is 16.2. The van der Waals surface area contributed by atoms with E-state index in [1.807, 2.05) is 37.4 Å². The van der Waals surface area contributed by atoms with Crippen LogP contribution in [-0.4, -0.2) is 30.4 Å². The van der Waals surface area contributed by atoms with E-state index in [9.17, 15) is 4.79 Å². The molecule has 0 aliphatic rings. The molecule has 1 amide bonds. The zero-order valence-electron chi connectivity index (χ0n) is 14.5. The number of carbonyl (C=O) groups excluding carboxylic acids is 1. The number of anilines is 1. The van der Waals surface area contributed by atoms with Gasteiger partial charge in [-0.3, -0.25) is 4.79 Å². The molecule has 0 saturated carbocycles. The molecule has 0 spiro atoms. The summed E-state index contributed by atoms with van der Waals surface area (Å²) >= 11 is 0. The van der Waals surface area contributed by atoms with Gasteiger partial charge in [0, 0.05) is 25.3 Å². The predicted octanol–water partition coefficient (Wildman–Crippen LogP) is 3.87. The zero-order chi connectivity index (χ0) is 16.8. The van der Waals surface area contributed by atoms with E-state index in [0.717, 1.165) is 11.3 Å². The van der Waals surface area contributed by atoms with Crippen LogP contribution in [-0.2, 0) is 11.3 Å². The molecule has 0 aliphatic heterocycles. The average molecular weight is 310 g/mol. The quantitative estimate of drug-likeness (QED) is 0.808. The standard InChI is InChI=1S/C20H26N2O/c1-16(2)22(19-12-10-17(3)11-13-19)15-20(23)21(4)14-18-8-6-5-7-9-18/h5-13,16H,14-15H2,1-4H3. The van der Waals surface area contributed by atoms with Gasteiger partial charge in [-0.1, -0.05) is 48.0 Å². The van der Waals surface area contributed by atoms with E-state index in [-0.39, 0.29) is 11.9 Å². The molecule has 0 N–H and O–H groups in total. The second-order valence-corrected chi connectivity index (χ2v) is 6.29. The summed E-state index contributed by atoms with van der Waals surface area (Å²) in [5, 5.41) is 0. The average Bonchev–Trinajstić information content (AvgIpc) is 2.54. The van der Waals surface area contributed by atoms with E-state index >= 15 is 0 Å². The van der Waals surface area contributed by atoms with Gasteiger partial charge < -0.3 is 9.80 Å². The molecule has 0 fully saturated rings. The van der Waals surface area contributed by atoms with Crippen LogP contribution in [0.15, 0.2) is 54.6 Å². The minimum absolute atomic E-state index is 0.128. The van der Waals surface area contributed by atoms with Crippen molar-refractivity contribution < 1.29 is 4.79 Å². The number of benzene rings is 2. The fourth-order valence-electron chi connectivity index (χ4n) is 2.52. The van der Waals surface area contributed by atoms with Gasteiger partial charge in [-0.05, 0) is 38.5 Å². The Morgan fingerprint density at radius 3 is 2.17 bits per heavy atom. The van der Waals surface area contributed by atoms with Crippen LogP contribution in [0.3, 0.4) is 0 Å². The summed E-state index contributed by atoms with van der Waals surface area (Å²) in [4.78, 5) is 16.5. The second kappa shape index (κ2) is 7.82. The zero-order valence-corrected chi connectivity index (χ0v) is 14.5. The number of nitrogens with zero attached hydrogens (tertiary/aromatic N) is 2. The molecular weight excluding hydrogens is 284 g/mol. The van der Waals surface area contributed by atoms with E-state index < -0.39 is 0 Å². The molecule has 0 radical (unpaired) electrons. The van der Waals surface area contributed by atoms with Crippen molar-refractivity contribution in [3.63, 3.8) is 0 Å². The van der Waals surface area contributed by atoms with Gasteiger partial charge in [0.25, 0.3) is 0 Å². The molecule has 0 bridgehead atoms. The van der Waals surface area contributed by atoms with Crippen LogP contribution < -0.4 is 4.90 Å². The minimum Gasteiger partial charge on any atom is -0.360 e. The Balaban J connectivity index is 2.04. The molecular formula is C20H26N2O. The molecule has 0 saturated heterocycles. The largest absolute Gasteiger partial charge is 0.360 e. The number of amides is 1. The van der Waals surface area contributed by atoms with Crippen molar-refractivity contribution in [1.29, 1.82) is 0 Å². The van der Waals surface area contributed by atoms with Crippen molar-refractivity contribution in [3.8, 4) is 0 Å². The number of hydrogen-bond donors (Lipinski definition) is 0. The van der Waals surface area contributed by atoms with Gasteiger partial charge in [0.2, 0.25) is 5.91 Å². The highest BCUT2D eigenvalue weighted by molar-refractivity contribution is 5.81. The third-order valence-corrected chi connectivity index (χ3v) is 3.98. The lowest BCUT2D eigenvalue weighted by atomic mass is 10.2. The van der Waals surface area contributed by atoms with Crippen LogP contribution in [0.2, 0.25) is 0 Å². The van der Waals surface area contributed by atoms with Crippen LogP contribution in [0.1, 0.15) is 25.0 Å². The first kappa shape index (κ1) is 17.1. The molecule has 2 rings (SSSR count). The maximum absolute atomic E-state index is 12.6. The maximum Gasteiger partial charge on any atom is 0.242 e. The first-order valence-corrected chi connectivity index (χ1v) is 8.08. The molecule has 3 heteroatoms. The Morgan fingerprint density at radius 2 is 1.61 bits per heavy atom. The smallest absolute Gasteiger partial charge is 0.242 e. The first-order chi connectivity index (χ1) is 11.0. The molecule has 0 atom stereocenters. The van der Waals surface area contributed by atoms with Gasteiger partial charge in [-0.15, -0.1) is 0 Å². The molecule has 122 valence electrons. The Morgan fingerprint density at radius 1 is 1.00 bits per heavy atom. The van der Waals surface area contributed by atoms with Gasteiger partial charge in [-0.2, -0.15) is 0 Å². The Hall–Kier alpha value is -2.29. The Labute approximate surface area is 139 Å². The van der Waals surface area contributed by atoms with Crippen LogP contribution in [0.4, 0.5) is 5.69 Å². The highest BCUT2D eigenvalue weighted by Crippen LogP contribution is 2.18. The van der Waals surface area contributed by atoms with Gasteiger partial charge in [-0.25, -0.2) is 0 Å². The van der Waals surface area contributed by atoms with Gasteiger partial charge in [0.15, 0.2) is 0 Å². The molecule has 3 nitrogen and oxygen atoms in total. The summed E-state index contributed by atoms with van der Waals surface area (Å²) in [5.74, 6) is 0.128. The molecule has 2 aromatic rings. The van der Waals surface area contributed by atoms with E-state index in [1.54, 1.807) is 4.90 Å². The molecule has 0 aliphatic carbocycles. The summed E-state index contributed by atoms with van der Waals surface area (Å²) in [6.07, 6.45) is 0. The number of hydrogen-bond acceptors (Lipinski definition) is 2. The third kappa shape index (κ3) is 4.85. The maximum atomic E-state index is 12.6. The lowest BCUT2D eigenvalue weighted by Gasteiger charge is -2.30. The molecule has 0 heterocycles. The predicted molar refractivity (Wildman–Crippen MR) is 96.6 cm³/mol. The van der Waals surface area contributed by atoms with Crippen molar-refractivity contribution in [2.75, 3.05) is 18.5 Å². The Bertz CT molecular complexity index is 620. The second-order valence-electron chi connectivity index (χ2n) is 6.29. The minimum atomic E-state index is 0.128. The van der Waals surface area contributed by atoms with E-state index in [1.165, 1.54) is 5.56 Å². The van der Waals surface area contributed by atoms with Crippen LogP contribution in [0.25, 0.3) is 0 Å². The van der Waals surface area contributed by atoms with Crippen molar-refractivity contribution in [3.05, 3.63) is 65.7 Å². The van der Waals surface area contributed by atoms with Crippen molar-refractivity contribution >= 4 is 11.6 Å². The Kier molecular flexibility index (Phi) is 5.80. The van der Waals surface area contributed by atoms with Crippen molar-refractivity contribution in [1.82, 2.24) is 4.90 Å². The van der Waals surface area contributed by atoms with E-state index in [2.05, 4.69) is 49.9 Å². The number of carbonyl (C=O) groups is 1. The summed E-state index contributed by atoms with van der Waals surface area (Å²) in [7, 11) is 1.86. The summed E-state index contributed by atoms with van der Waals surface area (Å²) in [5.41, 5.74) is 3.46. The topological polar surface area (TPSA) is 23.6 Å². The number of likely N-dealkylation sites (N-methyl/N-ethyl adjacent to an activating group) is 1. The molecule has 0 aromatic heterocycles. The first-order valence-electron chi connectivity index (χ1n) is 8.08. The van der Waals surface area contributed by atoms with Crippen LogP contribution in [0, 0.1) is 6.92 Å². The SMILES string of the molecule is Cc1ccc(N(CC(=O)N(C)Cc2ccccc2)C(C)C)cc1. The summed E-state index contributed by atoms with van der Waals surface area (Å²) in [6, 6.07) is 18.7. The number of aryl methyl sites for hydroxylation is 1. The third-order valence-electron chi connectivity index (χ3n) is 3.98. The molecule has 0 unspecified atom stereocenters. The van der Waals surface area contributed by atoms with Crippen molar-refractivity contribution in [2.24, 2.45) is 0 Å². The summed E-state index contributed by atoms with van der Waals surface area (Å²) in [6.45, 7) is 7.33. The molecule has 2 aromatic carbocycles. The van der Waals surface area contributed by atoms with E-state index in [0.29, 0.717) is 13.1 Å². The number of rotatable bonds is 6. The summed E-state index contributed by atoms with van der Waals surface area (Å²) < 4.78 is 0. The van der Waals surface area contributed by atoms with Crippen LogP contribution >= 0.6 is 0 Å². The van der Waals surface area contributed by atoms with Gasteiger partial charge >= 0.3 is 0 Å².